The maximum absolute atomic E-state index is 13.1. The normalized spacial score (nSPS) is 11.5. The predicted molar refractivity (Wildman–Crippen MR) is 111 cm³/mol. The number of amides is 1. The van der Waals surface area contributed by atoms with Crippen LogP contribution in [-0.2, 0) is 17.3 Å². The van der Waals surface area contributed by atoms with E-state index < -0.39 is 0 Å². The number of thioether (sulfide) groups is 1. The zero-order chi connectivity index (χ0) is 20.3. The van der Waals surface area contributed by atoms with E-state index in [-0.39, 0.29) is 22.9 Å². The van der Waals surface area contributed by atoms with Gasteiger partial charge >= 0.3 is 0 Å². The lowest BCUT2D eigenvalue weighted by molar-refractivity contribution is -0.113. The van der Waals surface area contributed by atoms with Crippen LogP contribution >= 0.6 is 11.8 Å². The van der Waals surface area contributed by atoms with Gasteiger partial charge in [-0.1, -0.05) is 50.7 Å². The van der Waals surface area contributed by atoms with E-state index in [4.69, 9.17) is 0 Å². The van der Waals surface area contributed by atoms with Crippen LogP contribution < -0.4 is 5.32 Å². The first-order chi connectivity index (χ1) is 13.3. The van der Waals surface area contributed by atoms with Crippen molar-refractivity contribution in [3.63, 3.8) is 0 Å². The van der Waals surface area contributed by atoms with Crippen molar-refractivity contribution in [1.29, 1.82) is 0 Å². The Hall–Kier alpha value is -2.67. The van der Waals surface area contributed by atoms with Crippen LogP contribution in [-0.4, -0.2) is 26.4 Å². The van der Waals surface area contributed by atoms with E-state index in [1.807, 2.05) is 31.3 Å². The second kappa shape index (κ2) is 8.14. The molecular weight excluding hydrogens is 375 g/mol. The molecule has 0 atom stereocenters. The first kappa shape index (κ1) is 20.1. The summed E-state index contributed by atoms with van der Waals surface area (Å²) >= 11 is 1.31. The monoisotopic (exact) mass is 398 g/mol. The summed E-state index contributed by atoms with van der Waals surface area (Å²) in [6.07, 6.45) is 0. The molecule has 3 aromatic rings. The first-order valence-electron chi connectivity index (χ1n) is 8.93. The molecule has 146 valence electrons. The molecule has 7 heteroatoms. The number of para-hydroxylation sites is 1. The summed E-state index contributed by atoms with van der Waals surface area (Å²) < 4.78 is 14.9. The lowest BCUT2D eigenvalue weighted by atomic mass is 9.86. The predicted octanol–water partition coefficient (Wildman–Crippen LogP) is 4.65. The van der Waals surface area contributed by atoms with Crippen LogP contribution in [0.1, 0.15) is 26.3 Å². The fraction of sp³-hybridized carbons (Fsp3) is 0.286. The third-order valence-electron chi connectivity index (χ3n) is 4.28. The molecule has 0 bridgehead atoms. The molecule has 0 aliphatic carbocycles. The number of carbonyl (C=O) groups excluding carboxylic acids is 1. The number of nitrogens with one attached hydrogen (secondary N) is 1. The minimum Gasteiger partial charge on any atom is -0.325 e. The number of benzene rings is 2. The molecule has 1 amide bonds. The smallest absolute Gasteiger partial charge is 0.234 e. The Bertz CT molecular complexity index is 977. The number of rotatable bonds is 5. The van der Waals surface area contributed by atoms with Crippen molar-refractivity contribution in [2.45, 2.75) is 31.3 Å². The van der Waals surface area contributed by atoms with Crippen LogP contribution in [0.4, 0.5) is 10.1 Å². The molecule has 0 spiro atoms. The van der Waals surface area contributed by atoms with Gasteiger partial charge in [0.2, 0.25) is 5.91 Å². The number of carbonyl (C=O) groups is 1. The summed E-state index contributed by atoms with van der Waals surface area (Å²) in [5.41, 5.74) is 2.62. The van der Waals surface area contributed by atoms with Gasteiger partial charge in [-0.25, -0.2) is 4.39 Å². The Morgan fingerprint density at radius 3 is 2.46 bits per heavy atom. The molecule has 1 aromatic heterocycles. The molecule has 0 saturated heterocycles. The van der Waals surface area contributed by atoms with Crippen LogP contribution in [0.15, 0.2) is 53.7 Å². The van der Waals surface area contributed by atoms with Gasteiger partial charge in [0.05, 0.1) is 5.75 Å². The summed E-state index contributed by atoms with van der Waals surface area (Å²) in [4.78, 5) is 12.5. The molecule has 28 heavy (non-hydrogen) atoms. The Morgan fingerprint density at radius 1 is 1.11 bits per heavy atom. The fourth-order valence-electron chi connectivity index (χ4n) is 2.85. The highest BCUT2D eigenvalue weighted by molar-refractivity contribution is 7.99. The molecule has 1 heterocycles. The summed E-state index contributed by atoms with van der Waals surface area (Å²) in [6.45, 7) is 6.34. The maximum Gasteiger partial charge on any atom is 0.234 e. The van der Waals surface area contributed by atoms with Crippen molar-refractivity contribution in [3.8, 4) is 11.4 Å². The average molecular weight is 399 g/mol. The van der Waals surface area contributed by atoms with Gasteiger partial charge in [0, 0.05) is 18.3 Å². The minimum atomic E-state index is -0.298. The number of nitrogens with zero attached hydrogens (tertiary/aromatic N) is 3. The quantitative estimate of drug-likeness (QED) is 0.636. The fourth-order valence-corrected chi connectivity index (χ4v) is 3.56. The van der Waals surface area contributed by atoms with Crippen molar-refractivity contribution < 1.29 is 9.18 Å². The Kier molecular flexibility index (Phi) is 5.84. The van der Waals surface area contributed by atoms with Crippen LogP contribution in [0.2, 0.25) is 0 Å². The molecule has 0 saturated carbocycles. The van der Waals surface area contributed by atoms with Crippen molar-refractivity contribution >= 4 is 23.4 Å². The zero-order valence-corrected chi connectivity index (χ0v) is 17.2. The molecule has 0 unspecified atom stereocenters. The Labute approximate surface area is 168 Å². The summed E-state index contributed by atoms with van der Waals surface area (Å²) in [6, 6.07) is 13.9. The maximum atomic E-state index is 13.1. The second-order valence-electron chi connectivity index (χ2n) is 7.50. The zero-order valence-electron chi connectivity index (χ0n) is 16.4. The number of halogens is 1. The topological polar surface area (TPSA) is 59.8 Å². The van der Waals surface area contributed by atoms with Crippen LogP contribution in [0, 0.1) is 5.82 Å². The van der Waals surface area contributed by atoms with Gasteiger partial charge in [-0.15, -0.1) is 10.2 Å². The molecule has 1 N–H and O–H groups in total. The molecular formula is C21H23FN4OS. The first-order valence-corrected chi connectivity index (χ1v) is 9.92. The molecule has 2 aromatic carbocycles. The van der Waals surface area contributed by atoms with E-state index in [2.05, 4.69) is 36.3 Å². The van der Waals surface area contributed by atoms with Gasteiger partial charge in [0.25, 0.3) is 0 Å². The molecule has 0 fully saturated rings. The van der Waals surface area contributed by atoms with Gasteiger partial charge < -0.3 is 9.88 Å². The molecule has 0 aliphatic rings. The average Bonchev–Trinajstić information content (AvgIpc) is 3.01. The number of aromatic nitrogens is 3. The van der Waals surface area contributed by atoms with Crippen LogP contribution in [0.3, 0.4) is 0 Å². The molecule has 0 aliphatic heterocycles. The third kappa shape index (κ3) is 4.59. The van der Waals surface area contributed by atoms with Crippen molar-refractivity contribution in [3.05, 3.63) is 59.9 Å². The van der Waals surface area contributed by atoms with E-state index in [1.54, 1.807) is 16.7 Å². The SMILES string of the molecule is Cn1c(SCC(=O)Nc2ccccc2C(C)(C)C)nnc1-c1ccc(F)cc1. The highest BCUT2D eigenvalue weighted by atomic mass is 32.2. The Balaban J connectivity index is 1.67. The number of anilines is 1. The largest absolute Gasteiger partial charge is 0.325 e. The van der Waals surface area contributed by atoms with E-state index in [9.17, 15) is 9.18 Å². The van der Waals surface area contributed by atoms with E-state index in [0.29, 0.717) is 11.0 Å². The van der Waals surface area contributed by atoms with Crippen molar-refractivity contribution in [2.75, 3.05) is 11.1 Å². The highest BCUT2D eigenvalue weighted by Gasteiger charge is 2.19. The lowest BCUT2D eigenvalue weighted by Gasteiger charge is -2.22. The summed E-state index contributed by atoms with van der Waals surface area (Å²) in [5.74, 6) is 0.440. The second-order valence-corrected chi connectivity index (χ2v) is 8.45. The van der Waals surface area contributed by atoms with Gasteiger partial charge in [-0.05, 0) is 41.3 Å². The molecule has 0 radical (unpaired) electrons. The van der Waals surface area contributed by atoms with Crippen LogP contribution in [0.25, 0.3) is 11.4 Å². The number of hydrogen-bond donors (Lipinski definition) is 1. The molecule has 3 rings (SSSR count). The van der Waals surface area contributed by atoms with E-state index in [0.717, 1.165) is 16.8 Å². The summed E-state index contributed by atoms with van der Waals surface area (Å²) in [5, 5.41) is 11.9. The minimum absolute atomic E-state index is 0.0648. The van der Waals surface area contributed by atoms with E-state index in [1.165, 1.54) is 23.9 Å². The van der Waals surface area contributed by atoms with Gasteiger partial charge in [-0.2, -0.15) is 0 Å². The van der Waals surface area contributed by atoms with Crippen molar-refractivity contribution in [1.82, 2.24) is 14.8 Å². The van der Waals surface area contributed by atoms with Gasteiger partial charge in [0.1, 0.15) is 5.82 Å². The highest BCUT2D eigenvalue weighted by Crippen LogP contribution is 2.29. The summed E-state index contributed by atoms with van der Waals surface area (Å²) in [7, 11) is 1.83. The van der Waals surface area contributed by atoms with Crippen molar-refractivity contribution in [2.24, 2.45) is 7.05 Å². The molecule has 5 nitrogen and oxygen atoms in total. The third-order valence-corrected chi connectivity index (χ3v) is 5.30. The van der Waals surface area contributed by atoms with Crippen LogP contribution in [0.5, 0.6) is 0 Å². The number of hydrogen-bond acceptors (Lipinski definition) is 4. The standard InChI is InChI=1S/C21H23FN4OS/c1-21(2,3)16-7-5-6-8-17(16)23-18(27)13-28-20-25-24-19(26(20)4)14-9-11-15(22)12-10-14/h5-12H,13H2,1-4H3,(H,23,27). The van der Waals surface area contributed by atoms with E-state index >= 15 is 0 Å². The Morgan fingerprint density at radius 2 is 1.79 bits per heavy atom. The van der Waals surface area contributed by atoms with Gasteiger partial charge in [-0.3, -0.25) is 4.79 Å². The van der Waals surface area contributed by atoms with Gasteiger partial charge in [0.15, 0.2) is 11.0 Å². The lowest BCUT2D eigenvalue weighted by Crippen LogP contribution is -2.20.